The molecule has 0 bridgehead atoms. The zero-order chi connectivity index (χ0) is 21.6. The Morgan fingerprint density at radius 2 is 1.66 bits per heavy atom. The van der Waals surface area contributed by atoms with Crippen molar-refractivity contribution in [1.29, 1.82) is 0 Å². The third-order valence-electron chi connectivity index (χ3n) is 4.01. The van der Waals surface area contributed by atoms with Crippen molar-refractivity contribution in [3.05, 3.63) is 54.1 Å². The lowest BCUT2D eigenvalue weighted by molar-refractivity contribution is -0.155. The summed E-state index contributed by atoms with van der Waals surface area (Å²) < 4.78 is 33.1. The minimum atomic E-state index is -3.81. The average molecular weight is 420 g/mol. The van der Waals surface area contributed by atoms with Gasteiger partial charge in [-0.2, -0.15) is 0 Å². The summed E-state index contributed by atoms with van der Waals surface area (Å²) in [5, 5.41) is 7.55. The molecule has 0 saturated carbocycles. The minimum Gasteiger partial charge on any atom is -0.482 e. The smallest absolute Gasteiger partial charge is 0.344 e. The van der Waals surface area contributed by atoms with Crippen LogP contribution in [0.1, 0.15) is 32.3 Å². The molecule has 9 heteroatoms. The Morgan fingerprint density at radius 3 is 2.24 bits per heavy atom. The summed E-state index contributed by atoms with van der Waals surface area (Å²) in [5.41, 5.74) is 1.31. The van der Waals surface area contributed by atoms with Crippen LogP contribution < -0.4 is 15.2 Å². The number of nitrogens with two attached hydrogens (primary N) is 1. The molecule has 0 unspecified atom stereocenters. The molecule has 2 aromatic carbocycles. The van der Waals surface area contributed by atoms with Gasteiger partial charge in [0.2, 0.25) is 10.0 Å². The fourth-order valence-corrected chi connectivity index (χ4v) is 3.00. The van der Waals surface area contributed by atoms with Crippen LogP contribution in [0.5, 0.6) is 5.75 Å². The second-order valence-electron chi connectivity index (χ2n) is 6.67. The van der Waals surface area contributed by atoms with Gasteiger partial charge in [0.15, 0.2) is 12.7 Å². The Bertz CT molecular complexity index is 971. The van der Waals surface area contributed by atoms with E-state index in [-0.39, 0.29) is 17.4 Å². The number of anilines is 1. The quantitative estimate of drug-likeness (QED) is 0.632. The zero-order valence-corrected chi connectivity index (χ0v) is 17.2. The first-order valence-electron chi connectivity index (χ1n) is 8.93. The van der Waals surface area contributed by atoms with Gasteiger partial charge in [-0.1, -0.05) is 32.0 Å². The molecule has 2 aromatic rings. The van der Waals surface area contributed by atoms with E-state index in [0.29, 0.717) is 11.4 Å². The summed E-state index contributed by atoms with van der Waals surface area (Å²) in [7, 11) is -3.81. The Kier molecular flexibility index (Phi) is 7.35. The van der Waals surface area contributed by atoms with E-state index in [1.807, 2.05) is 32.0 Å². The normalized spacial score (nSPS) is 12.3. The highest BCUT2D eigenvalue weighted by Gasteiger charge is 2.19. The lowest BCUT2D eigenvalue weighted by Crippen LogP contribution is -2.31. The number of hydrogen-bond donors (Lipinski definition) is 2. The van der Waals surface area contributed by atoms with Gasteiger partial charge in [0.25, 0.3) is 5.91 Å². The molecule has 1 atom stereocenters. The molecule has 0 spiro atoms. The lowest BCUT2D eigenvalue weighted by atomic mass is 10.0. The van der Waals surface area contributed by atoms with Crippen molar-refractivity contribution >= 4 is 27.6 Å². The Hall–Kier alpha value is -2.91. The van der Waals surface area contributed by atoms with Gasteiger partial charge in [-0.3, -0.25) is 4.79 Å². The van der Waals surface area contributed by atoms with E-state index < -0.39 is 28.0 Å². The molecule has 3 N–H and O–H groups in total. The van der Waals surface area contributed by atoms with Gasteiger partial charge in [0.05, 0.1) is 4.90 Å². The molecular formula is C20H24N2O6S. The van der Waals surface area contributed by atoms with Crippen molar-refractivity contribution in [2.24, 2.45) is 5.14 Å². The highest BCUT2D eigenvalue weighted by atomic mass is 32.2. The van der Waals surface area contributed by atoms with E-state index in [2.05, 4.69) is 5.32 Å². The molecule has 0 aliphatic heterocycles. The number of primary sulfonamides is 1. The molecule has 0 aliphatic carbocycles. The number of para-hydroxylation sites is 1. The molecule has 1 amide bonds. The molecule has 0 aliphatic rings. The molecule has 0 radical (unpaired) electrons. The first-order chi connectivity index (χ1) is 13.6. The number of nitrogens with one attached hydrogen (secondary N) is 1. The molecule has 8 nitrogen and oxygen atoms in total. The van der Waals surface area contributed by atoms with E-state index in [1.165, 1.54) is 31.2 Å². The molecule has 0 heterocycles. The topological polar surface area (TPSA) is 125 Å². The van der Waals surface area contributed by atoms with E-state index in [9.17, 15) is 18.0 Å². The predicted octanol–water partition coefficient (Wildman–Crippen LogP) is 2.41. The number of carbonyl (C=O) groups excluding carboxylic acids is 2. The monoisotopic (exact) mass is 420 g/mol. The van der Waals surface area contributed by atoms with Crippen LogP contribution in [0.3, 0.4) is 0 Å². The van der Waals surface area contributed by atoms with E-state index in [0.717, 1.165) is 5.56 Å². The summed E-state index contributed by atoms with van der Waals surface area (Å²) >= 11 is 0. The first-order valence-corrected chi connectivity index (χ1v) is 10.5. The maximum atomic E-state index is 12.2. The number of ether oxygens (including phenoxy) is 2. The number of esters is 1. The number of hydrogen-bond acceptors (Lipinski definition) is 6. The van der Waals surface area contributed by atoms with Gasteiger partial charge in [-0.25, -0.2) is 18.4 Å². The van der Waals surface area contributed by atoms with Gasteiger partial charge in [-0.05, 0) is 48.7 Å². The SMILES string of the molecule is CC(C)c1ccccc1OCC(=O)O[C@@H](C)C(=O)Nc1ccc(S(N)(=O)=O)cc1. The molecule has 0 saturated heterocycles. The van der Waals surface area contributed by atoms with Crippen molar-refractivity contribution in [3.63, 3.8) is 0 Å². The second kappa shape index (κ2) is 9.53. The number of carbonyl (C=O) groups is 2. The third-order valence-corrected chi connectivity index (χ3v) is 4.94. The Balaban J connectivity index is 1.88. The minimum absolute atomic E-state index is 0.0752. The van der Waals surface area contributed by atoms with Crippen LogP contribution in [0, 0.1) is 0 Å². The predicted molar refractivity (Wildman–Crippen MR) is 108 cm³/mol. The Labute approximate surface area is 170 Å². The first kappa shape index (κ1) is 22.4. The molecule has 0 fully saturated rings. The van der Waals surface area contributed by atoms with Crippen molar-refractivity contribution in [3.8, 4) is 5.75 Å². The van der Waals surface area contributed by atoms with E-state index in [1.54, 1.807) is 6.07 Å². The number of benzene rings is 2. The molecule has 156 valence electrons. The van der Waals surface area contributed by atoms with Crippen LogP contribution in [0.15, 0.2) is 53.4 Å². The number of amides is 1. The molecular weight excluding hydrogens is 396 g/mol. The fourth-order valence-electron chi connectivity index (χ4n) is 2.48. The van der Waals surface area contributed by atoms with Crippen LogP contribution in [-0.4, -0.2) is 33.0 Å². The van der Waals surface area contributed by atoms with Gasteiger partial charge in [0.1, 0.15) is 5.75 Å². The van der Waals surface area contributed by atoms with Crippen LogP contribution in [0.2, 0.25) is 0 Å². The van der Waals surface area contributed by atoms with Crippen LogP contribution >= 0.6 is 0 Å². The van der Waals surface area contributed by atoms with E-state index >= 15 is 0 Å². The molecule has 29 heavy (non-hydrogen) atoms. The van der Waals surface area contributed by atoms with Crippen LogP contribution in [-0.2, 0) is 24.3 Å². The van der Waals surface area contributed by atoms with Crippen molar-refractivity contribution < 1.29 is 27.5 Å². The third kappa shape index (κ3) is 6.58. The molecule has 2 rings (SSSR count). The van der Waals surface area contributed by atoms with Crippen LogP contribution in [0.25, 0.3) is 0 Å². The largest absolute Gasteiger partial charge is 0.482 e. The summed E-state index contributed by atoms with van der Waals surface area (Å²) in [4.78, 5) is 24.1. The van der Waals surface area contributed by atoms with Crippen LogP contribution in [0.4, 0.5) is 5.69 Å². The summed E-state index contributed by atoms with van der Waals surface area (Å²) in [6.07, 6.45) is -1.07. The van der Waals surface area contributed by atoms with Crippen molar-refractivity contribution in [2.45, 2.75) is 37.7 Å². The second-order valence-corrected chi connectivity index (χ2v) is 8.23. The van der Waals surface area contributed by atoms with Gasteiger partial charge >= 0.3 is 5.97 Å². The summed E-state index contributed by atoms with van der Waals surface area (Å²) in [5.74, 6) is -0.431. The van der Waals surface area contributed by atoms with Gasteiger partial charge in [-0.15, -0.1) is 0 Å². The van der Waals surface area contributed by atoms with Crippen molar-refractivity contribution in [1.82, 2.24) is 0 Å². The Morgan fingerprint density at radius 1 is 1.03 bits per heavy atom. The number of sulfonamides is 1. The molecule has 0 aromatic heterocycles. The zero-order valence-electron chi connectivity index (χ0n) is 16.4. The number of rotatable bonds is 8. The lowest BCUT2D eigenvalue weighted by Gasteiger charge is -2.16. The standard InChI is InChI=1S/C20H24N2O6S/c1-13(2)17-6-4-5-7-18(17)27-12-19(23)28-14(3)20(24)22-15-8-10-16(11-9-15)29(21,25)26/h4-11,13-14H,12H2,1-3H3,(H,22,24)(H2,21,25,26)/t14-/m0/s1. The maximum absolute atomic E-state index is 12.2. The maximum Gasteiger partial charge on any atom is 0.344 e. The van der Waals surface area contributed by atoms with Gasteiger partial charge in [0, 0.05) is 5.69 Å². The highest BCUT2D eigenvalue weighted by Crippen LogP contribution is 2.25. The van der Waals surface area contributed by atoms with E-state index in [4.69, 9.17) is 14.6 Å². The van der Waals surface area contributed by atoms with Crippen molar-refractivity contribution in [2.75, 3.05) is 11.9 Å². The summed E-state index contributed by atoms with van der Waals surface area (Å²) in [6.45, 7) is 5.13. The summed E-state index contributed by atoms with van der Waals surface area (Å²) in [6, 6.07) is 12.7. The average Bonchev–Trinajstić information content (AvgIpc) is 2.66. The van der Waals surface area contributed by atoms with Gasteiger partial charge < -0.3 is 14.8 Å². The highest BCUT2D eigenvalue weighted by molar-refractivity contribution is 7.89. The fraction of sp³-hybridized carbons (Fsp3) is 0.300.